The molecule has 24 heavy (non-hydrogen) atoms. The zero-order valence-electron chi connectivity index (χ0n) is 14.4. The van der Waals surface area contributed by atoms with Gasteiger partial charge < -0.3 is 14.4 Å². The van der Waals surface area contributed by atoms with Gasteiger partial charge in [-0.2, -0.15) is 4.98 Å². The van der Waals surface area contributed by atoms with Crippen LogP contribution in [-0.2, 0) is 6.54 Å². The number of rotatable bonds is 6. The molecule has 1 fully saturated rings. The van der Waals surface area contributed by atoms with Crippen LogP contribution in [0.15, 0.2) is 28.8 Å². The van der Waals surface area contributed by atoms with E-state index < -0.39 is 0 Å². The summed E-state index contributed by atoms with van der Waals surface area (Å²) in [5.74, 6) is 3.04. The van der Waals surface area contributed by atoms with Crippen molar-refractivity contribution in [3.63, 3.8) is 0 Å². The third-order valence-corrected chi connectivity index (χ3v) is 4.50. The summed E-state index contributed by atoms with van der Waals surface area (Å²) in [6, 6.07) is 8.72. The minimum atomic E-state index is 0.0997. The van der Waals surface area contributed by atoms with E-state index in [-0.39, 0.29) is 6.04 Å². The number of benzene rings is 1. The number of nitrogens with zero attached hydrogens (tertiary/aromatic N) is 4. The quantitative estimate of drug-likeness (QED) is 0.748. The third kappa shape index (κ3) is 2.82. The molecule has 1 N–H and O–H groups in total. The summed E-state index contributed by atoms with van der Waals surface area (Å²) in [5.41, 5.74) is 2.21. The molecule has 0 spiro atoms. The zero-order chi connectivity index (χ0) is 16.7. The highest BCUT2D eigenvalue weighted by atomic mass is 16.5. The maximum atomic E-state index is 5.31. The van der Waals surface area contributed by atoms with Gasteiger partial charge in [0.1, 0.15) is 5.82 Å². The molecule has 0 saturated heterocycles. The van der Waals surface area contributed by atoms with Gasteiger partial charge in [0.05, 0.1) is 23.6 Å². The third-order valence-electron chi connectivity index (χ3n) is 4.50. The van der Waals surface area contributed by atoms with E-state index >= 15 is 0 Å². The molecule has 1 aliphatic carbocycles. The van der Waals surface area contributed by atoms with Crippen LogP contribution in [0.4, 0.5) is 0 Å². The van der Waals surface area contributed by atoms with Crippen molar-refractivity contribution in [1.29, 1.82) is 0 Å². The Morgan fingerprint density at radius 1 is 1.21 bits per heavy atom. The zero-order valence-corrected chi connectivity index (χ0v) is 14.4. The van der Waals surface area contributed by atoms with Gasteiger partial charge >= 0.3 is 0 Å². The Labute approximate surface area is 141 Å². The van der Waals surface area contributed by atoms with Crippen LogP contribution >= 0.6 is 0 Å². The molecule has 1 aliphatic rings. The summed E-state index contributed by atoms with van der Waals surface area (Å²) in [4.78, 5) is 9.30. The second-order valence-electron chi connectivity index (χ2n) is 6.85. The summed E-state index contributed by atoms with van der Waals surface area (Å²) in [5, 5.41) is 7.54. The largest absolute Gasteiger partial charge is 0.339 e. The number of hydrogen-bond acceptors (Lipinski definition) is 5. The lowest BCUT2D eigenvalue weighted by molar-refractivity contribution is 0.370. The standard InChI is InChI=1S/C18H23N5O/c1-11(2)23-15-7-5-4-6-14(15)20-17(23)12(3)19-10-16-21-18(24-22-16)13-8-9-13/h4-7,11-13,19H,8-10H2,1-3H3/t12-/m0/s1. The SMILES string of the molecule is CC(C)n1c([C@H](C)NCc2noc(C3CC3)n2)nc2ccccc21. The molecular weight excluding hydrogens is 302 g/mol. The van der Waals surface area contributed by atoms with Crippen molar-refractivity contribution in [1.82, 2.24) is 25.0 Å². The maximum absolute atomic E-state index is 5.31. The number of imidazole rings is 1. The van der Waals surface area contributed by atoms with Crippen LogP contribution in [0.3, 0.4) is 0 Å². The molecular formula is C18H23N5O. The van der Waals surface area contributed by atoms with Crippen LogP contribution in [0.2, 0.25) is 0 Å². The molecule has 0 amide bonds. The number of fused-ring (bicyclic) bond motifs is 1. The molecule has 1 atom stereocenters. The molecule has 2 aromatic heterocycles. The van der Waals surface area contributed by atoms with E-state index in [0.29, 0.717) is 18.5 Å². The summed E-state index contributed by atoms with van der Waals surface area (Å²) >= 11 is 0. The Bertz CT molecular complexity index is 846. The summed E-state index contributed by atoms with van der Waals surface area (Å²) in [6.45, 7) is 7.08. The highest BCUT2D eigenvalue weighted by molar-refractivity contribution is 5.76. The Morgan fingerprint density at radius 2 is 2.00 bits per heavy atom. The van der Waals surface area contributed by atoms with Crippen molar-refractivity contribution in [3.05, 3.63) is 41.8 Å². The molecule has 1 aromatic carbocycles. The number of aromatic nitrogens is 4. The first-order valence-electron chi connectivity index (χ1n) is 8.66. The molecule has 6 heteroatoms. The average Bonchev–Trinajstić information content (AvgIpc) is 3.18. The molecule has 0 radical (unpaired) electrons. The van der Waals surface area contributed by atoms with E-state index in [2.05, 4.69) is 59.0 Å². The minimum Gasteiger partial charge on any atom is -0.339 e. The monoisotopic (exact) mass is 325 g/mol. The lowest BCUT2D eigenvalue weighted by Gasteiger charge is -2.18. The van der Waals surface area contributed by atoms with Crippen molar-refractivity contribution in [2.45, 2.75) is 58.2 Å². The summed E-state index contributed by atoms with van der Waals surface area (Å²) < 4.78 is 7.61. The van der Waals surface area contributed by atoms with E-state index in [1.807, 2.05) is 6.07 Å². The van der Waals surface area contributed by atoms with E-state index in [0.717, 1.165) is 23.1 Å². The molecule has 4 rings (SSSR count). The van der Waals surface area contributed by atoms with Gasteiger partial charge in [0.25, 0.3) is 0 Å². The van der Waals surface area contributed by atoms with Crippen LogP contribution in [0.1, 0.15) is 69.2 Å². The Kier molecular flexibility index (Phi) is 3.84. The number of hydrogen-bond donors (Lipinski definition) is 1. The predicted molar refractivity (Wildman–Crippen MR) is 91.6 cm³/mol. The van der Waals surface area contributed by atoms with E-state index in [1.165, 1.54) is 18.4 Å². The van der Waals surface area contributed by atoms with Crippen molar-refractivity contribution in [3.8, 4) is 0 Å². The molecule has 1 saturated carbocycles. The first kappa shape index (κ1) is 15.3. The van der Waals surface area contributed by atoms with Gasteiger partial charge in [-0.25, -0.2) is 4.98 Å². The molecule has 0 unspecified atom stereocenters. The fourth-order valence-electron chi connectivity index (χ4n) is 3.08. The number of para-hydroxylation sites is 2. The minimum absolute atomic E-state index is 0.0997. The number of nitrogens with one attached hydrogen (secondary N) is 1. The Hall–Kier alpha value is -2.21. The van der Waals surface area contributed by atoms with Gasteiger partial charge in [-0.15, -0.1) is 0 Å². The van der Waals surface area contributed by atoms with E-state index in [9.17, 15) is 0 Å². The van der Waals surface area contributed by atoms with Crippen molar-refractivity contribution in [2.24, 2.45) is 0 Å². The Balaban J connectivity index is 1.53. The van der Waals surface area contributed by atoms with Gasteiger partial charge in [0, 0.05) is 12.0 Å². The Morgan fingerprint density at radius 3 is 2.75 bits per heavy atom. The molecule has 126 valence electrons. The smallest absolute Gasteiger partial charge is 0.229 e. The maximum Gasteiger partial charge on any atom is 0.229 e. The summed E-state index contributed by atoms with van der Waals surface area (Å²) in [6.07, 6.45) is 2.34. The average molecular weight is 325 g/mol. The van der Waals surface area contributed by atoms with E-state index in [4.69, 9.17) is 9.51 Å². The molecule has 0 bridgehead atoms. The second-order valence-corrected chi connectivity index (χ2v) is 6.85. The molecule has 3 aromatic rings. The van der Waals surface area contributed by atoms with Crippen molar-refractivity contribution >= 4 is 11.0 Å². The topological polar surface area (TPSA) is 68.8 Å². The van der Waals surface area contributed by atoms with Crippen LogP contribution < -0.4 is 5.32 Å². The van der Waals surface area contributed by atoms with Gasteiger partial charge in [0.15, 0.2) is 5.82 Å². The second kappa shape index (κ2) is 6.02. The summed E-state index contributed by atoms with van der Waals surface area (Å²) in [7, 11) is 0. The van der Waals surface area contributed by atoms with Crippen LogP contribution in [0.5, 0.6) is 0 Å². The van der Waals surface area contributed by atoms with Crippen LogP contribution in [-0.4, -0.2) is 19.7 Å². The molecule has 2 heterocycles. The highest BCUT2D eigenvalue weighted by Gasteiger charge is 2.29. The lowest BCUT2D eigenvalue weighted by Crippen LogP contribution is -2.23. The predicted octanol–water partition coefficient (Wildman–Crippen LogP) is 3.73. The van der Waals surface area contributed by atoms with Gasteiger partial charge in [0.2, 0.25) is 5.89 Å². The fraction of sp³-hybridized carbons (Fsp3) is 0.500. The van der Waals surface area contributed by atoms with Crippen molar-refractivity contribution in [2.75, 3.05) is 0 Å². The van der Waals surface area contributed by atoms with Crippen LogP contribution in [0.25, 0.3) is 11.0 Å². The van der Waals surface area contributed by atoms with Crippen molar-refractivity contribution < 1.29 is 4.52 Å². The van der Waals surface area contributed by atoms with Crippen LogP contribution in [0, 0.1) is 0 Å². The first-order valence-corrected chi connectivity index (χ1v) is 8.66. The van der Waals surface area contributed by atoms with Gasteiger partial charge in [-0.1, -0.05) is 17.3 Å². The first-order chi connectivity index (χ1) is 11.6. The normalized spacial score (nSPS) is 16.2. The fourth-order valence-corrected chi connectivity index (χ4v) is 3.08. The van der Waals surface area contributed by atoms with Gasteiger partial charge in [-0.05, 0) is 45.7 Å². The van der Waals surface area contributed by atoms with Gasteiger partial charge in [-0.3, -0.25) is 0 Å². The highest BCUT2D eigenvalue weighted by Crippen LogP contribution is 2.38. The van der Waals surface area contributed by atoms with E-state index in [1.54, 1.807) is 0 Å². The molecule has 0 aliphatic heterocycles. The lowest BCUT2D eigenvalue weighted by atomic mass is 10.2. The molecule has 6 nitrogen and oxygen atoms in total.